The van der Waals surface area contributed by atoms with Crippen molar-refractivity contribution in [3.05, 3.63) is 59.4 Å². The Balaban J connectivity index is 1.49. The van der Waals surface area contributed by atoms with Gasteiger partial charge in [-0.2, -0.15) is 0 Å². The lowest BCUT2D eigenvalue weighted by atomic mass is 10.1. The van der Waals surface area contributed by atoms with Crippen LogP contribution in [0.15, 0.2) is 47.4 Å². The van der Waals surface area contributed by atoms with Crippen LogP contribution in [0.25, 0.3) is 0 Å². The summed E-state index contributed by atoms with van der Waals surface area (Å²) in [4.78, 5) is 22.9. The van der Waals surface area contributed by atoms with Gasteiger partial charge in [0.25, 0.3) is 15.9 Å². The van der Waals surface area contributed by atoms with Gasteiger partial charge in [0, 0.05) is 31.9 Å². The van der Waals surface area contributed by atoms with Gasteiger partial charge in [0.1, 0.15) is 12.4 Å². The highest BCUT2D eigenvalue weighted by molar-refractivity contribution is 7.89. The van der Waals surface area contributed by atoms with Crippen LogP contribution in [0.2, 0.25) is 0 Å². The number of amides is 1. The SMILES string of the molecule is Cc1cccc(N2CCN(C(=O)CONS(=O)(=O)c3ccc(F)cc3)CC2)c1C. The molecule has 1 N–H and O–H groups in total. The van der Waals surface area contributed by atoms with E-state index in [-0.39, 0.29) is 10.8 Å². The molecule has 156 valence electrons. The highest BCUT2D eigenvalue weighted by Crippen LogP contribution is 2.23. The van der Waals surface area contributed by atoms with Gasteiger partial charge in [0.2, 0.25) is 0 Å². The van der Waals surface area contributed by atoms with Crippen molar-refractivity contribution in [2.45, 2.75) is 18.7 Å². The molecule has 1 aliphatic heterocycles. The van der Waals surface area contributed by atoms with E-state index in [0.29, 0.717) is 26.2 Å². The van der Waals surface area contributed by atoms with Crippen molar-refractivity contribution in [2.75, 3.05) is 37.7 Å². The second-order valence-corrected chi connectivity index (χ2v) is 8.56. The number of halogens is 1. The van der Waals surface area contributed by atoms with E-state index in [4.69, 9.17) is 4.84 Å². The predicted octanol–water partition coefficient (Wildman–Crippen LogP) is 2.00. The Morgan fingerprint density at radius 3 is 2.38 bits per heavy atom. The molecule has 0 bridgehead atoms. The van der Waals surface area contributed by atoms with Gasteiger partial charge in [0.05, 0.1) is 4.90 Å². The fourth-order valence-corrected chi connectivity index (χ4v) is 4.00. The summed E-state index contributed by atoms with van der Waals surface area (Å²) < 4.78 is 37.1. The number of carbonyl (C=O) groups excluding carboxylic acids is 1. The maximum Gasteiger partial charge on any atom is 0.262 e. The van der Waals surface area contributed by atoms with Gasteiger partial charge in [-0.05, 0) is 55.3 Å². The summed E-state index contributed by atoms with van der Waals surface area (Å²) >= 11 is 0. The van der Waals surface area contributed by atoms with Gasteiger partial charge >= 0.3 is 0 Å². The molecule has 1 fully saturated rings. The summed E-state index contributed by atoms with van der Waals surface area (Å²) in [7, 11) is -3.97. The van der Waals surface area contributed by atoms with Crippen LogP contribution in [0.4, 0.5) is 10.1 Å². The molecular formula is C20H24FN3O4S. The number of benzene rings is 2. The summed E-state index contributed by atoms with van der Waals surface area (Å²) in [5, 5.41) is 0. The molecule has 0 saturated carbocycles. The largest absolute Gasteiger partial charge is 0.368 e. The Hall–Kier alpha value is -2.49. The van der Waals surface area contributed by atoms with E-state index in [9.17, 15) is 17.6 Å². The third kappa shape index (κ3) is 5.11. The van der Waals surface area contributed by atoms with Crippen molar-refractivity contribution in [1.29, 1.82) is 0 Å². The molecule has 0 unspecified atom stereocenters. The van der Waals surface area contributed by atoms with Gasteiger partial charge in [-0.15, -0.1) is 0 Å². The number of carbonyl (C=O) groups is 1. The Labute approximate surface area is 170 Å². The van der Waals surface area contributed by atoms with Crippen LogP contribution in [0.5, 0.6) is 0 Å². The first kappa shape index (κ1) is 21.2. The summed E-state index contributed by atoms with van der Waals surface area (Å²) in [6, 6.07) is 10.5. The lowest BCUT2D eigenvalue weighted by molar-refractivity contribution is -0.137. The Kier molecular flexibility index (Phi) is 6.51. The molecule has 0 aromatic heterocycles. The molecule has 29 heavy (non-hydrogen) atoms. The maximum atomic E-state index is 12.9. The van der Waals surface area contributed by atoms with Crippen molar-refractivity contribution in [3.8, 4) is 0 Å². The standard InChI is InChI=1S/C20H24FN3O4S/c1-15-4-3-5-19(16(15)2)23-10-12-24(13-11-23)20(25)14-28-22-29(26,27)18-8-6-17(21)7-9-18/h3-9,22H,10-14H2,1-2H3. The molecule has 9 heteroatoms. The molecule has 1 saturated heterocycles. The summed E-state index contributed by atoms with van der Waals surface area (Å²) in [6.45, 7) is 6.19. The quantitative estimate of drug-likeness (QED) is 0.722. The fraction of sp³-hybridized carbons (Fsp3) is 0.350. The topological polar surface area (TPSA) is 79.0 Å². The van der Waals surface area contributed by atoms with Gasteiger partial charge in [0.15, 0.2) is 0 Å². The van der Waals surface area contributed by atoms with Crippen molar-refractivity contribution in [3.63, 3.8) is 0 Å². The molecule has 1 aliphatic rings. The van der Waals surface area contributed by atoms with Crippen LogP contribution < -0.4 is 9.79 Å². The van der Waals surface area contributed by atoms with Crippen LogP contribution in [0.1, 0.15) is 11.1 Å². The van der Waals surface area contributed by atoms with Crippen molar-refractivity contribution < 1.29 is 22.4 Å². The molecule has 0 radical (unpaired) electrons. The zero-order valence-electron chi connectivity index (χ0n) is 16.4. The molecule has 2 aromatic rings. The fourth-order valence-electron chi connectivity index (χ4n) is 3.20. The first-order chi connectivity index (χ1) is 13.8. The monoisotopic (exact) mass is 421 g/mol. The summed E-state index contributed by atoms with van der Waals surface area (Å²) in [5.41, 5.74) is 3.62. The predicted molar refractivity (Wildman–Crippen MR) is 107 cm³/mol. The lowest BCUT2D eigenvalue weighted by Crippen LogP contribution is -2.50. The van der Waals surface area contributed by atoms with Crippen molar-refractivity contribution >= 4 is 21.6 Å². The highest BCUT2D eigenvalue weighted by Gasteiger charge is 2.23. The van der Waals surface area contributed by atoms with Gasteiger partial charge in [-0.25, -0.2) is 12.8 Å². The Bertz CT molecular complexity index is 972. The maximum absolute atomic E-state index is 12.9. The molecule has 1 heterocycles. The summed E-state index contributed by atoms with van der Waals surface area (Å²) in [5.74, 6) is -0.840. The van der Waals surface area contributed by atoms with Crippen LogP contribution in [0.3, 0.4) is 0 Å². The molecule has 7 nitrogen and oxygen atoms in total. The average Bonchev–Trinajstić information content (AvgIpc) is 2.70. The van der Waals surface area contributed by atoms with E-state index >= 15 is 0 Å². The minimum Gasteiger partial charge on any atom is -0.368 e. The number of hydrogen-bond donors (Lipinski definition) is 1. The van der Waals surface area contributed by atoms with Crippen molar-refractivity contribution in [1.82, 2.24) is 9.79 Å². The van der Waals surface area contributed by atoms with Crippen LogP contribution >= 0.6 is 0 Å². The zero-order chi connectivity index (χ0) is 21.0. The van der Waals surface area contributed by atoms with E-state index in [1.807, 2.05) is 11.0 Å². The van der Waals surface area contributed by atoms with Gasteiger partial charge in [-0.3, -0.25) is 9.63 Å². The minimum absolute atomic E-state index is 0.145. The van der Waals surface area contributed by atoms with Crippen LogP contribution in [-0.2, 0) is 19.7 Å². The van der Waals surface area contributed by atoms with E-state index in [0.717, 1.165) is 24.3 Å². The van der Waals surface area contributed by atoms with Crippen LogP contribution in [0, 0.1) is 19.7 Å². The first-order valence-corrected chi connectivity index (χ1v) is 10.7. The molecule has 0 aliphatic carbocycles. The van der Waals surface area contributed by atoms with E-state index in [1.165, 1.54) is 16.8 Å². The molecule has 1 amide bonds. The Morgan fingerprint density at radius 1 is 1.07 bits per heavy atom. The molecule has 0 spiro atoms. The number of rotatable bonds is 6. The molecular weight excluding hydrogens is 397 g/mol. The van der Waals surface area contributed by atoms with E-state index in [1.54, 1.807) is 4.90 Å². The number of aryl methyl sites for hydroxylation is 1. The molecule has 0 atom stereocenters. The number of hydrogen-bond acceptors (Lipinski definition) is 5. The third-order valence-corrected chi connectivity index (χ3v) is 6.27. The summed E-state index contributed by atoms with van der Waals surface area (Å²) in [6.07, 6.45) is 0. The van der Waals surface area contributed by atoms with Crippen LogP contribution in [-0.4, -0.2) is 52.0 Å². The highest BCUT2D eigenvalue weighted by atomic mass is 32.2. The normalized spacial score (nSPS) is 14.9. The smallest absolute Gasteiger partial charge is 0.262 e. The van der Waals surface area contributed by atoms with Gasteiger partial charge in [-0.1, -0.05) is 17.0 Å². The Morgan fingerprint density at radius 2 is 1.72 bits per heavy atom. The minimum atomic E-state index is -3.97. The van der Waals surface area contributed by atoms with E-state index in [2.05, 4.69) is 30.9 Å². The number of sulfonamides is 1. The van der Waals surface area contributed by atoms with E-state index < -0.39 is 22.4 Å². The second kappa shape index (κ2) is 8.89. The number of nitrogens with one attached hydrogen (secondary N) is 1. The molecule has 2 aromatic carbocycles. The van der Waals surface area contributed by atoms with Crippen molar-refractivity contribution in [2.24, 2.45) is 0 Å². The number of nitrogens with zero attached hydrogens (tertiary/aromatic N) is 2. The number of anilines is 1. The number of piperazine rings is 1. The third-order valence-electron chi connectivity index (χ3n) is 5.04. The lowest BCUT2D eigenvalue weighted by Gasteiger charge is -2.37. The molecule has 3 rings (SSSR count). The average molecular weight is 421 g/mol. The first-order valence-electron chi connectivity index (χ1n) is 9.26. The zero-order valence-corrected chi connectivity index (χ0v) is 17.2. The van der Waals surface area contributed by atoms with Gasteiger partial charge < -0.3 is 9.80 Å². The second-order valence-electron chi connectivity index (χ2n) is 6.92.